The number of carboxylic acid groups (broad SMARTS) is 1. The van der Waals surface area contributed by atoms with Crippen molar-refractivity contribution in [2.45, 2.75) is 52.0 Å². The van der Waals surface area contributed by atoms with Gasteiger partial charge in [-0.25, -0.2) is 4.79 Å². The Morgan fingerprint density at radius 2 is 1.55 bits per heavy atom. The molecule has 0 aliphatic heterocycles. The topological polar surface area (TPSA) is 105 Å². The van der Waals surface area contributed by atoms with Crippen LogP contribution in [0.3, 0.4) is 0 Å². The summed E-state index contributed by atoms with van der Waals surface area (Å²) in [4.78, 5) is 36.3. The van der Waals surface area contributed by atoms with Gasteiger partial charge in [0.2, 0.25) is 5.91 Å². The molecule has 2 aromatic carbocycles. The first-order chi connectivity index (χ1) is 15.8. The zero-order valence-electron chi connectivity index (χ0n) is 19.4. The van der Waals surface area contributed by atoms with Crippen molar-refractivity contribution < 1.29 is 24.2 Å². The molecule has 0 radical (unpaired) electrons. The van der Waals surface area contributed by atoms with E-state index in [2.05, 4.69) is 34.9 Å². The minimum absolute atomic E-state index is 0.0366. The van der Waals surface area contributed by atoms with Crippen molar-refractivity contribution in [2.24, 2.45) is 5.41 Å². The molecule has 2 aromatic rings. The van der Waals surface area contributed by atoms with Crippen LogP contribution in [-0.4, -0.2) is 42.3 Å². The highest BCUT2D eigenvalue weighted by atomic mass is 16.5. The molecule has 0 aromatic heterocycles. The van der Waals surface area contributed by atoms with Crippen LogP contribution in [0, 0.1) is 5.41 Å². The number of aliphatic carboxylic acids is 1. The van der Waals surface area contributed by atoms with Gasteiger partial charge in [0.25, 0.3) is 0 Å². The number of carbonyl (C=O) groups excluding carboxylic acids is 2. The van der Waals surface area contributed by atoms with Gasteiger partial charge in [0, 0.05) is 18.5 Å². The Morgan fingerprint density at radius 3 is 2.06 bits per heavy atom. The summed E-state index contributed by atoms with van der Waals surface area (Å²) in [5, 5.41) is 14.5. The Bertz CT molecular complexity index is 970. The van der Waals surface area contributed by atoms with Crippen molar-refractivity contribution in [3.8, 4) is 11.1 Å². The van der Waals surface area contributed by atoms with Gasteiger partial charge in [-0.3, -0.25) is 9.59 Å². The molecule has 1 atom stereocenters. The summed E-state index contributed by atoms with van der Waals surface area (Å²) in [7, 11) is 0. The van der Waals surface area contributed by atoms with E-state index in [4.69, 9.17) is 9.84 Å². The molecule has 7 nitrogen and oxygen atoms in total. The fourth-order valence-corrected chi connectivity index (χ4v) is 4.48. The van der Waals surface area contributed by atoms with Crippen molar-refractivity contribution >= 4 is 18.0 Å². The van der Waals surface area contributed by atoms with Crippen LogP contribution in [0.2, 0.25) is 0 Å². The first-order valence-corrected chi connectivity index (χ1v) is 11.4. The molecular formula is C26H32N2O5. The molecule has 176 valence electrons. The van der Waals surface area contributed by atoms with E-state index in [0.29, 0.717) is 12.8 Å². The smallest absolute Gasteiger partial charge is 0.407 e. The Balaban J connectivity index is 1.61. The predicted molar refractivity (Wildman–Crippen MR) is 126 cm³/mol. The van der Waals surface area contributed by atoms with Crippen LogP contribution in [0.15, 0.2) is 48.5 Å². The molecule has 0 spiro atoms. The van der Waals surface area contributed by atoms with E-state index in [1.165, 1.54) is 0 Å². The van der Waals surface area contributed by atoms with Crippen molar-refractivity contribution in [1.29, 1.82) is 0 Å². The van der Waals surface area contributed by atoms with Gasteiger partial charge < -0.3 is 20.5 Å². The SMILES string of the molecule is CCC(CC)(CNC(=O)OCC1c2ccccc2-c2ccccc21)C(=O)NC(C)CC(=O)O. The van der Waals surface area contributed by atoms with Crippen LogP contribution in [0.4, 0.5) is 4.79 Å². The van der Waals surface area contributed by atoms with Crippen LogP contribution in [-0.2, 0) is 14.3 Å². The van der Waals surface area contributed by atoms with Crippen LogP contribution in [0.25, 0.3) is 11.1 Å². The van der Waals surface area contributed by atoms with Crippen molar-refractivity contribution in [3.05, 3.63) is 59.7 Å². The molecule has 2 amide bonds. The zero-order chi connectivity index (χ0) is 24.0. The lowest BCUT2D eigenvalue weighted by Gasteiger charge is -2.31. The van der Waals surface area contributed by atoms with Gasteiger partial charge in [0.05, 0.1) is 11.8 Å². The van der Waals surface area contributed by atoms with E-state index in [1.54, 1.807) is 6.92 Å². The van der Waals surface area contributed by atoms with Gasteiger partial charge in [-0.1, -0.05) is 62.4 Å². The second-order valence-electron chi connectivity index (χ2n) is 8.64. The number of nitrogens with one attached hydrogen (secondary N) is 2. The molecule has 0 fully saturated rings. The number of ether oxygens (including phenoxy) is 1. The zero-order valence-corrected chi connectivity index (χ0v) is 19.4. The summed E-state index contributed by atoms with van der Waals surface area (Å²) in [5.74, 6) is -1.27. The number of hydrogen-bond acceptors (Lipinski definition) is 4. The first-order valence-electron chi connectivity index (χ1n) is 11.4. The predicted octanol–water partition coefficient (Wildman–Crippen LogP) is 4.31. The molecule has 0 saturated heterocycles. The summed E-state index contributed by atoms with van der Waals surface area (Å²) < 4.78 is 5.58. The number of fused-ring (bicyclic) bond motifs is 3. The molecule has 0 bridgehead atoms. The summed E-state index contributed by atoms with van der Waals surface area (Å²) in [6, 6.07) is 15.8. The van der Waals surface area contributed by atoms with E-state index in [1.807, 2.05) is 38.1 Å². The first kappa shape index (κ1) is 24.3. The number of amides is 2. The number of rotatable bonds is 10. The standard InChI is InChI=1S/C26H32N2O5/c1-4-26(5-2,24(31)28-17(3)14-23(29)30)16-27-25(32)33-15-22-20-12-8-6-10-18(20)19-11-7-9-13-21(19)22/h6-13,17,22H,4-5,14-16H2,1-3H3,(H,27,32)(H,28,31)(H,29,30). The number of hydrogen-bond donors (Lipinski definition) is 3. The summed E-state index contributed by atoms with van der Waals surface area (Å²) in [6.45, 7) is 5.73. The average molecular weight is 453 g/mol. The highest BCUT2D eigenvalue weighted by molar-refractivity contribution is 5.84. The van der Waals surface area contributed by atoms with E-state index >= 15 is 0 Å². The molecule has 3 rings (SSSR count). The highest BCUT2D eigenvalue weighted by Gasteiger charge is 2.36. The number of benzene rings is 2. The molecular weight excluding hydrogens is 420 g/mol. The molecule has 7 heteroatoms. The lowest BCUT2D eigenvalue weighted by atomic mass is 9.81. The number of carboxylic acids is 1. The second kappa shape index (κ2) is 10.5. The maximum absolute atomic E-state index is 12.9. The minimum atomic E-state index is -0.974. The largest absolute Gasteiger partial charge is 0.481 e. The van der Waals surface area contributed by atoms with Gasteiger partial charge in [-0.15, -0.1) is 0 Å². The van der Waals surface area contributed by atoms with Crippen LogP contribution >= 0.6 is 0 Å². The fourth-order valence-electron chi connectivity index (χ4n) is 4.48. The Labute approximate surface area is 194 Å². The van der Waals surface area contributed by atoms with Crippen LogP contribution in [0.1, 0.15) is 57.1 Å². The molecule has 1 aliphatic rings. The van der Waals surface area contributed by atoms with Gasteiger partial charge >= 0.3 is 12.1 Å². The number of carbonyl (C=O) groups is 3. The van der Waals surface area contributed by atoms with Gasteiger partial charge in [-0.2, -0.15) is 0 Å². The summed E-state index contributed by atoms with van der Waals surface area (Å²) in [6.07, 6.45) is 0.265. The highest BCUT2D eigenvalue weighted by Crippen LogP contribution is 2.44. The monoisotopic (exact) mass is 452 g/mol. The van der Waals surface area contributed by atoms with E-state index in [-0.39, 0.29) is 31.4 Å². The maximum Gasteiger partial charge on any atom is 0.407 e. The lowest BCUT2D eigenvalue weighted by molar-refractivity contribution is -0.138. The van der Waals surface area contributed by atoms with Crippen molar-refractivity contribution in [3.63, 3.8) is 0 Å². The van der Waals surface area contributed by atoms with Crippen molar-refractivity contribution in [2.75, 3.05) is 13.2 Å². The third-order valence-corrected chi connectivity index (χ3v) is 6.61. The molecule has 1 unspecified atom stereocenters. The average Bonchev–Trinajstić information content (AvgIpc) is 3.12. The third-order valence-electron chi connectivity index (χ3n) is 6.61. The van der Waals surface area contributed by atoms with Gasteiger partial charge in [-0.05, 0) is 42.0 Å². The van der Waals surface area contributed by atoms with Crippen LogP contribution in [0.5, 0.6) is 0 Å². The maximum atomic E-state index is 12.9. The lowest BCUT2D eigenvalue weighted by Crippen LogP contribution is -2.50. The van der Waals surface area contributed by atoms with E-state index < -0.39 is 23.5 Å². The number of alkyl carbamates (subject to hydrolysis) is 1. The summed E-state index contributed by atoms with van der Waals surface area (Å²) >= 11 is 0. The fraction of sp³-hybridized carbons (Fsp3) is 0.423. The minimum Gasteiger partial charge on any atom is -0.481 e. The summed E-state index contributed by atoms with van der Waals surface area (Å²) in [5.41, 5.74) is 3.75. The molecule has 3 N–H and O–H groups in total. The van der Waals surface area contributed by atoms with Gasteiger partial charge in [0.15, 0.2) is 0 Å². The van der Waals surface area contributed by atoms with E-state index in [0.717, 1.165) is 22.3 Å². The molecule has 0 saturated carbocycles. The molecule has 1 aliphatic carbocycles. The third kappa shape index (κ3) is 5.35. The second-order valence-corrected chi connectivity index (χ2v) is 8.64. The Hall–Kier alpha value is -3.35. The molecule has 0 heterocycles. The Kier molecular flexibility index (Phi) is 7.74. The Morgan fingerprint density at radius 1 is 1.00 bits per heavy atom. The van der Waals surface area contributed by atoms with E-state index in [9.17, 15) is 14.4 Å². The normalized spacial score (nSPS) is 13.5. The van der Waals surface area contributed by atoms with Crippen LogP contribution < -0.4 is 10.6 Å². The van der Waals surface area contributed by atoms with Crippen molar-refractivity contribution in [1.82, 2.24) is 10.6 Å². The van der Waals surface area contributed by atoms with Gasteiger partial charge in [0.1, 0.15) is 6.61 Å². The quantitative estimate of drug-likeness (QED) is 0.498. The molecule has 33 heavy (non-hydrogen) atoms.